The van der Waals surface area contributed by atoms with Crippen molar-refractivity contribution >= 4 is 16.9 Å². The molecule has 1 fully saturated rings. The van der Waals surface area contributed by atoms with Crippen LogP contribution in [-0.2, 0) is 0 Å². The summed E-state index contributed by atoms with van der Waals surface area (Å²) in [6, 6.07) is 9.40. The number of furan rings is 1. The number of rotatable bonds is 3. The van der Waals surface area contributed by atoms with E-state index in [2.05, 4.69) is 20.1 Å². The van der Waals surface area contributed by atoms with Gasteiger partial charge in [0.1, 0.15) is 5.58 Å². The highest BCUT2D eigenvalue weighted by atomic mass is 16.5. The van der Waals surface area contributed by atoms with Gasteiger partial charge in [-0.3, -0.25) is 4.79 Å². The Morgan fingerprint density at radius 3 is 2.79 bits per heavy atom. The highest BCUT2D eigenvalue weighted by molar-refractivity contribution is 5.99. The lowest BCUT2D eigenvalue weighted by atomic mass is 10.1. The van der Waals surface area contributed by atoms with E-state index in [0.717, 1.165) is 23.0 Å². The van der Waals surface area contributed by atoms with Gasteiger partial charge in [0, 0.05) is 36.4 Å². The van der Waals surface area contributed by atoms with E-state index in [4.69, 9.17) is 8.94 Å². The number of aromatic nitrogens is 4. The minimum absolute atomic E-state index is 0.0152. The summed E-state index contributed by atoms with van der Waals surface area (Å²) in [4.78, 5) is 27.4. The monoisotopic (exact) mass is 375 g/mol. The van der Waals surface area contributed by atoms with E-state index < -0.39 is 0 Å². The van der Waals surface area contributed by atoms with Crippen LogP contribution in [0.3, 0.4) is 0 Å². The first-order valence-electron chi connectivity index (χ1n) is 9.09. The van der Waals surface area contributed by atoms with Gasteiger partial charge in [-0.25, -0.2) is 9.97 Å². The molecule has 1 aliphatic heterocycles. The molecule has 0 aliphatic carbocycles. The lowest BCUT2D eigenvalue weighted by Gasteiger charge is -2.14. The summed E-state index contributed by atoms with van der Waals surface area (Å²) in [5, 5.41) is 4.93. The summed E-state index contributed by atoms with van der Waals surface area (Å²) in [6.07, 6.45) is 4.01. The topological polar surface area (TPSA) is 98.2 Å². The second-order valence-electron chi connectivity index (χ2n) is 6.82. The molecular formula is C20H17N5O3. The molecule has 1 saturated heterocycles. The van der Waals surface area contributed by atoms with Crippen LogP contribution in [0, 0.1) is 6.92 Å². The van der Waals surface area contributed by atoms with Gasteiger partial charge in [0.15, 0.2) is 5.76 Å². The molecule has 3 aromatic heterocycles. The minimum Gasteiger partial charge on any atom is -0.451 e. The Hall–Kier alpha value is -3.55. The molecule has 0 spiro atoms. The first-order valence-corrected chi connectivity index (χ1v) is 9.09. The van der Waals surface area contributed by atoms with Crippen molar-refractivity contribution in [3.05, 3.63) is 59.9 Å². The van der Waals surface area contributed by atoms with Gasteiger partial charge in [0.2, 0.25) is 17.5 Å². The molecule has 1 aromatic carbocycles. The maximum absolute atomic E-state index is 13.0. The van der Waals surface area contributed by atoms with Crippen LogP contribution in [0.25, 0.3) is 22.6 Å². The molecule has 5 rings (SSSR count). The van der Waals surface area contributed by atoms with Gasteiger partial charge in [0.05, 0.1) is 5.92 Å². The number of para-hydroxylation sites is 1. The molecule has 4 aromatic rings. The number of hydrogen-bond acceptors (Lipinski definition) is 7. The molecule has 8 nitrogen and oxygen atoms in total. The van der Waals surface area contributed by atoms with Gasteiger partial charge < -0.3 is 13.8 Å². The summed E-state index contributed by atoms with van der Waals surface area (Å²) in [5.74, 6) is 1.54. The SMILES string of the molecule is Cc1c(C(=O)N2CC[C@@H](c3nc(-c4ncccn4)no3)C2)oc2ccccc12. The molecule has 8 heteroatoms. The van der Waals surface area contributed by atoms with Crippen molar-refractivity contribution in [1.29, 1.82) is 0 Å². The quantitative estimate of drug-likeness (QED) is 0.542. The summed E-state index contributed by atoms with van der Waals surface area (Å²) in [7, 11) is 0. The first-order chi connectivity index (χ1) is 13.7. The van der Waals surface area contributed by atoms with Crippen LogP contribution >= 0.6 is 0 Å². The Bertz CT molecular complexity index is 1150. The summed E-state index contributed by atoms with van der Waals surface area (Å²) in [5.41, 5.74) is 1.59. The number of carbonyl (C=O) groups excluding carboxylic acids is 1. The largest absolute Gasteiger partial charge is 0.451 e. The molecule has 140 valence electrons. The molecule has 0 N–H and O–H groups in total. The first kappa shape index (κ1) is 16.6. The molecule has 1 aliphatic rings. The fraction of sp³-hybridized carbons (Fsp3) is 0.250. The van der Waals surface area contributed by atoms with Crippen molar-refractivity contribution in [1.82, 2.24) is 25.0 Å². The van der Waals surface area contributed by atoms with E-state index in [9.17, 15) is 4.79 Å². The molecule has 28 heavy (non-hydrogen) atoms. The zero-order chi connectivity index (χ0) is 19.1. The zero-order valence-corrected chi connectivity index (χ0v) is 15.2. The molecule has 1 atom stereocenters. The van der Waals surface area contributed by atoms with E-state index in [1.165, 1.54) is 0 Å². The van der Waals surface area contributed by atoms with Crippen LogP contribution in [-0.4, -0.2) is 44.0 Å². The van der Waals surface area contributed by atoms with E-state index in [0.29, 0.717) is 36.4 Å². The van der Waals surface area contributed by atoms with Gasteiger partial charge >= 0.3 is 0 Å². The Balaban J connectivity index is 1.35. The number of hydrogen-bond donors (Lipinski definition) is 0. The second-order valence-corrected chi connectivity index (χ2v) is 6.82. The molecule has 4 heterocycles. The average Bonchev–Trinajstić information content (AvgIpc) is 3.47. The zero-order valence-electron chi connectivity index (χ0n) is 15.2. The third-order valence-corrected chi connectivity index (χ3v) is 5.07. The van der Waals surface area contributed by atoms with Gasteiger partial charge in [0.25, 0.3) is 5.91 Å². The number of carbonyl (C=O) groups is 1. The lowest BCUT2D eigenvalue weighted by Crippen LogP contribution is -2.28. The fourth-order valence-corrected chi connectivity index (χ4v) is 3.57. The van der Waals surface area contributed by atoms with E-state index in [1.54, 1.807) is 23.4 Å². The maximum atomic E-state index is 13.0. The number of aryl methyl sites for hydroxylation is 1. The summed E-state index contributed by atoms with van der Waals surface area (Å²) in [6.45, 7) is 3.03. The van der Waals surface area contributed by atoms with E-state index in [1.807, 2.05) is 31.2 Å². The van der Waals surface area contributed by atoms with Crippen molar-refractivity contribution < 1.29 is 13.7 Å². The van der Waals surface area contributed by atoms with Crippen molar-refractivity contribution in [2.45, 2.75) is 19.3 Å². The fourth-order valence-electron chi connectivity index (χ4n) is 3.57. The minimum atomic E-state index is -0.109. The molecular weight excluding hydrogens is 358 g/mol. The normalized spacial score (nSPS) is 16.8. The molecule has 1 amide bonds. The van der Waals surface area contributed by atoms with Crippen LogP contribution in [0.1, 0.15) is 34.3 Å². The molecule has 0 unspecified atom stereocenters. The Morgan fingerprint density at radius 1 is 1.14 bits per heavy atom. The predicted molar refractivity (Wildman–Crippen MR) is 99.5 cm³/mol. The van der Waals surface area contributed by atoms with Gasteiger partial charge in [-0.1, -0.05) is 23.4 Å². The van der Waals surface area contributed by atoms with Crippen LogP contribution in [0.5, 0.6) is 0 Å². The van der Waals surface area contributed by atoms with Crippen LogP contribution in [0.15, 0.2) is 51.7 Å². The van der Waals surface area contributed by atoms with Crippen molar-refractivity contribution in [3.63, 3.8) is 0 Å². The standard InChI is InChI=1S/C20H17N5O3/c1-12-14-5-2-3-6-15(14)27-16(12)20(26)25-10-7-13(11-25)19-23-18(24-28-19)17-21-8-4-9-22-17/h2-6,8-9,13H,7,10-11H2,1H3/t13-/m1/s1. The lowest BCUT2D eigenvalue weighted by molar-refractivity contribution is 0.0759. The highest BCUT2D eigenvalue weighted by Crippen LogP contribution is 2.31. The Labute approximate surface area is 160 Å². The smallest absolute Gasteiger partial charge is 0.289 e. The third kappa shape index (κ3) is 2.74. The van der Waals surface area contributed by atoms with Gasteiger partial charge in [-0.2, -0.15) is 4.98 Å². The average molecular weight is 375 g/mol. The van der Waals surface area contributed by atoms with E-state index in [-0.39, 0.29) is 11.8 Å². The van der Waals surface area contributed by atoms with Crippen molar-refractivity contribution in [2.75, 3.05) is 13.1 Å². The highest BCUT2D eigenvalue weighted by Gasteiger charge is 2.34. The maximum Gasteiger partial charge on any atom is 0.289 e. The van der Waals surface area contributed by atoms with Crippen LogP contribution in [0.2, 0.25) is 0 Å². The Kier molecular flexibility index (Phi) is 3.89. The molecule has 0 bridgehead atoms. The summed E-state index contributed by atoms with van der Waals surface area (Å²) < 4.78 is 11.2. The van der Waals surface area contributed by atoms with Gasteiger partial charge in [-0.05, 0) is 25.5 Å². The number of benzene rings is 1. The summed E-state index contributed by atoms with van der Waals surface area (Å²) >= 11 is 0. The number of amides is 1. The van der Waals surface area contributed by atoms with Crippen molar-refractivity contribution in [2.24, 2.45) is 0 Å². The van der Waals surface area contributed by atoms with E-state index >= 15 is 0 Å². The molecule has 0 radical (unpaired) electrons. The Morgan fingerprint density at radius 2 is 1.96 bits per heavy atom. The predicted octanol–water partition coefficient (Wildman–Crippen LogP) is 3.21. The van der Waals surface area contributed by atoms with Crippen molar-refractivity contribution in [3.8, 4) is 11.6 Å². The van der Waals surface area contributed by atoms with Gasteiger partial charge in [-0.15, -0.1) is 0 Å². The number of likely N-dealkylation sites (tertiary alicyclic amines) is 1. The molecule has 0 saturated carbocycles. The number of fused-ring (bicyclic) bond motifs is 1. The number of nitrogens with zero attached hydrogens (tertiary/aromatic N) is 5. The van der Waals surface area contributed by atoms with Crippen LogP contribution in [0.4, 0.5) is 0 Å². The third-order valence-electron chi connectivity index (χ3n) is 5.07. The second kappa shape index (κ2) is 6.56. The van der Waals surface area contributed by atoms with Crippen LogP contribution < -0.4 is 0 Å².